The number of carbonyl (C=O) groups excluding carboxylic acids is 2. The summed E-state index contributed by atoms with van der Waals surface area (Å²) >= 11 is 0. The Morgan fingerprint density at radius 2 is 1.94 bits per heavy atom. The molecule has 1 aliphatic carbocycles. The second-order valence-electron chi connectivity index (χ2n) is 5.73. The average Bonchev–Trinajstić information content (AvgIpc) is 2.81. The minimum Gasteiger partial charge on any atom is -0.369 e. The van der Waals surface area contributed by atoms with E-state index in [0.29, 0.717) is 19.5 Å². The first-order valence-electron chi connectivity index (χ1n) is 6.84. The monoisotopic (exact) mass is 253 g/mol. The van der Waals surface area contributed by atoms with Crippen LogP contribution in [0.25, 0.3) is 0 Å². The molecule has 0 aromatic carbocycles. The number of carbonyl (C=O) groups is 2. The third kappa shape index (κ3) is 2.51. The van der Waals surface area contributed by atoms with Gasteiger partial charge in [-0.05, 0) is 25.2 Å². The van der Waals surface area contributed by atoms with Crippen molar-refractivity contribution in [3.05, 3.63) is 0 Å². The van der Waals surface area contributed by atoms with Crippen molar-refractivity contribution in [3.8, 4) is 0 Å². The zero-order valence-corrected chi connectivity index (χ0v) is 11.0. The smallest absolute Gasteiger partial charge is 0.226 e. The second kappa shape index (κ2) is 5.26. The predicted molar refractivity (Wildman–Crippen MR) is 68.4 cm³/mol. The molecule has 4 unspecified atom stereocenters. The molecule has 2 rings (SSSR count). The van der Waals surface area contributed by atoms with E-state index >= 15 is 0 Å². The molecule has 0 aromatic heterocycles. The number of rotatable bonds is 2. The van der Waals surface area contributed by atoms with E-state index in [9.17, 15) is 9.59 Å². The van der Waals surface area contributed by atoms with Crippen LogP contribution in [0, 0.1) is 17.8 Å². The molecular formula is C13H23N3O2. The molecule has 2 fully saturated rings. The van der Waals surface area contributed by atoms with Crippen LogP contribution in [0.5, 0.6) is 0 Å². The normalized spacial score (nSPS) is 36.7. The van der Waals surface area contributed by atoms with Gasteiger partial charge in [-0.3, -0.25) is 9.59 Å². The fourth-order valence-corrected chi connectivity index (χ4v) is 3.17. The molecule has 1 aliphatic heterocycles. The summed E-state index contributed by atoms with van der Waals surface area (Å²) in [6.07, 6.45) is 3.66. The Balaban J connectivity index is 1.97. The number of nitrogens with zero attached hydrogens (tertiary/aromatic N) is 1. The highest BCUT2D eigenvalue weighted by Gasteiger charge is 2.38. The number of nitrogens with two attached hydrogens (primary N) is 2. The molecule has 0 radical (unpaired) electrons. The molecule has 5 heteroatoms. The molecule has 102 valence electrons. The van der Waals surface area contributed by atoms with Crippen LogP contribution in [0.1, 0.15) is 32.6 Å². The predicted octanol–water partition coefficient (Wildman–Crippen LogP) is 0.0837. The summed E-state index contributed by atoms with van der Waals surface area (Å²) in [6, 6.07) is 0.127. The van der Waals surface area contributed by atoms with Crippen LogP contribution in [-0.4, -0.2) is 35.8 Å². The van der Waals surface area contributed by atoms with Crippen LogP contribution in [0.2, 0.25) is 0 Å². The topological polar surface area (TPSA) is 89.4 Å². The van der Waals surface area contributed by atoms with Crippen molar-refractivity contribution in [2.24, 2.45) is 29.2 Å². The Labute approximate surface area is 108 Å². The summed E-state index contributed by atoms with van der Waals surface area (Å²) in [5.74, 6) is -0.0270. The van der Waals surface area contributed by atoms with Crippen molar-refractivity contribution < 1.29 is 9.59 Å². The molecule has 1 heterocycles. The quantitative estimate of drug-likeness (QED) is 0.730. The molecule has 0 spiro atoms. The van der Waals surface area contributed by atoms with Gasteiger partial charge < -0.3 is 16.4 Å². The summed E-state index contributed by atoms with van der Waals surface area (Å²) in [6.45, 7) is 3.21. The summed E-state index contributed by atoms with van der Waals surface area (Å²) in [5, 5.41) is 0. The Bertz CT molecular complexity index is 345. The third-order valence-electron chi connectivity index (χ3n) is 4.58. The number of amides is 2. The van der Waals surface area contributed by atoms with E-state index in [1.54, 1.807) is 4.90 Å². The van der Waals surface area contributed by atoms with Crippen LogP contribution in [0.3, 0.4) is 0 Å². The highest BCUT2D eigenvalue weighted by Crippen LogP contribution is 2.31. The minimum atomic E-state index is -0.293. The van der Waals surface area contributed by atoms with Gasteiger partial charge in [-0.15, -0.1) is 0 Å². The van der Waals surface area contributed by atoms with E-state index in [0.717, 1.165) is 19.3 Å². The Hall–Kier alpha value is -1.10. The summed E-state index contributed by atoms with van der Waals surface area (Å²) in [7, 11) is 0. The van der Waals surface area contributed by atoms with Gasteiger partial charge in [0, 0.05) is 25.0 Å². The molecule has 0 aromatic rings. The zero-order valence-electron chi connectivity index (χ0n) is 11.0. The van der Waals surface area contributed by atoms with Gasteiger partial charge in [-0.1, -0.05) is 13.3 Å². The molecule has 18 heavy (non-hydrogen) atoms. The maximum absolute atomic E-state index is 12.4. The zero-order chi connectivity index (χ0) is 13.3. The highest BCUT2D eigenvalue weighted by molar-refractivity contribution is 5.82. The first-order valence-corrected chi connectivity index (χ1v) is 6.84. The maximum atomic E-state index is 12.4. The molecule has 4 atom stereocenters. The molecular weight excluding hydrogens is 230 g/mol. The van der Waals surface area contributed by atoms with Gasteiger partial charge in [0.1, 0.15) is 0 Å². The Morgan fingerprint density at radius 1 is 1.22 bits per heavy atom. The van der Waals surface area contributed by atoms with Crippen LogP contribution in [-0.2, 0) is 9.59 Å². The minimum absolute atomic E-state index is 0.0281. The standard InChI is InChI=1S/C13H23N3O2/c1-8-10(3-2-4-11(8)14)13(18)16-6-5-9(7-16)12(15)17/h8-11H,2-7,14H2,1H3,(H2,15,17). The SMILES string of the molecule is CC1C(N)CCCC1C(=O)N1CCC(C(N)=O)C1. The van der Waals surface area contributed by atoms with E-state index in [-0.39, 0.29) is 35.6 Å². The maximum Gasteiger partial charge on any atom is 0.226 e. The van der Waals surface area contributed by atoms with Gasteiger partial charge >= 0.3 is 0 Å². The molecule has 2 amide bonds. The van der Waals surface area contributed by atoms with Crippen molar-refractivity contribution >= 4 is 11.8 Å². The second-order valence-corrected chi connectivity index (χ2v) is 5.73. The number of likely N-dealkylation sites (tertiary alicyclic amines) is 1. The van der Waals surface area contributed by atoms with Gasteiger partial charge in [0.25, 0.3) is 0 Å². The van der Waals surface area contributed by atoms with Crippen molar-refractivity contribution in [1.29, 1.82) is 0 Å². The average molecular weight is 253 g/mol. The third-order valence-corrected chi connectivity index (χ3v) is 4.58. The molecule has 2 aliphatic rings. The molecule has 5 nitrogen and oxygen atoms in total. The van der Waals surface area contributed by atoms with E-state index in [1.165, 1.54) is 0 Å². The lowest BCUT2D eigenvalue weighted by Gasteiger charge is -2.35. The molecule has 0 bridgehead atoms. The van der Waals surface area contributed by atoms with E-state index in [4.69, 9.17) is 11.5 Å². The summed E-state index contributed by atoms with van der Waals surface area (Å²) < 4.78 is 0. The van der Waals surface area contributed by atoms with Gasteiger partial charge in [-0.2, -0.15) is 0 Å². The Morgan fingerprint density at radius 3 is 2.56 bits per heavy atom. The van der Waals surface area contributed by atoms with Gasteiger partial charge in [0.05, 0.1) is 5.92 Å². The lowest BCUT2D eigenvalue weighted by Crippen LogP contribution is -2.45. The Kier molecular flexibility index (Phi) is 3.90. The van der Waals surface area contributed by atoms with Crippen molar-refractivity contribution in [1.82, 2.24) is 4.90 Å². The fraction of sp³-hybridized carbons (Fsp3) is 0.846. The van der Waals surface area contributed by atoms with Gasteiger partial charge in [0.2, 0.25) is 11.8 Å². The number of hydrogen-bond donors (Lipinski definition) is 2. The molecule has 1 saturated heterocycles. The van der Waals surface area contributed by atoms with Crippen LogP contribution in [0.4, 0.5) is 0 Å². The molecule has 1 saturated carbocycles. The van der Waals surface area contributed by atoms with E-state index < -0.39 is 0 Å². The first kappa shape index (κ1) is 13.3. The van der Waals surface area contributed by atoms with Crippen molar-refractivity contribution in [2.45, 2.75) is 38.6 Å². The van der Waals surface area contributed by atoms with Crippen molar-refractivity contribution in [3.63, 3.8) is 0 Å². The highest BCUT2D eigenvalue weighted by atomic mass is 16.2. The van der Waals surface area contributed by atoms with E-state index in [2.05, 4.69) is 6.92 Å². The van der Waals surface area contributed by atoms with Crippen LogP contribution < -0.4 is 11.5 Å². The van der Waals surface area contributed by atoms with E-state index in [1.807, 2.05) is 0 Å². The van der Waals surface area contributed by atoms with Crippen molar-refractivity contribution in [2.75, 3.05) is 13.1 Å². The summed E-state index contributed by atoms with van der Waals surface area (Å²) in [4.78, 5) is 25.4. The van der Waals surface area contributed by atoms with Crippen LogP contribution in [0.15, 0.2) is 0 Å². The number of hydrogen-bond acceptors (Lipinski definition) is 3. The lowest BCUT2D eigenvalue weighted by atomic mass is 9.76. The van der Waals surface area contributed by atoms with Crippen LogP contribution >= 0.6 is 0 Å². The molecule has 4 N–H and O–H groups in total. The van der Waals surface area contributed by atoms with Gasteiger partial charge in [-0.25, -0.2) is 0 Å². The summed E-state index contributed by atoms with van der Waals surface area (Å²) in [5.41, 5.74) is 11.3. The van der Waals surface area contributed by atoms with Gasteiger partial charge in [0.15, 0.2) is 0 Å². The first-order chi connectivity index (χ1) is 8.50. The fourth-order valence-electron chi connectivity index (χ4n) is 3.17. The largest absolute Gasteiger partial charge is 0.369 e. The number of primary amides is 1. The lowest BCUT2D eigenvalue weighted by molar-refractivity contribution is -0.137.